The van der Waals surface area contributed by atoms with Crippen LogP contribution in [-0.2, 0) is 0 Å². The Hall–Kier alpha value is -3.83. The summed E-state index contributed by atoms with van der Waals surface area (Å²) in [5.41, 5.74) is 13.1. The number of fused-ring (bicyclic) bond motifs is 2. The number of hydrogen-bond acceptors (Lipinski definition) is 4. The Bertz CT molecular complexity index is 1340. The number of para-hydroxylation sites is 1. The maximum Gasteiger partial charge on any atom is 0.142 e. The van der Waals surface area contributed by atoms with Crippen LogP contribution in [0.4, 0.5) is 5.82 Å². The van der Waals surface area contributed by atoms with Crippen LogP contribution in [0.15, 0.2) is 36.0 Å². The summed E-state index contributed by atoms with van der Waals surface area (Å²) in [5.74, 6) is 0.170. The van der Waals surface area contributed by atoms with Gasteiger partial charge in [-0.05, 0) is 56.0 Å². The van der Waals surface area contributed by atoms with Gasteiger partial charge in [0, 0.05) is 34.3 Å². The molecule has 1 aromatic carbocycles. The highest BCUT2D eigenvalue weighted by Gasteiger charge is 2.30. The van der Waals surface area contributed by atoms with Crippen molar-refractivity contribution >= 4 is 33.9 Å². The molecule has 0 bridgehead atoms. The van der Waals surface area contributed by atoms with Gasteiger partial charge in [0.1, 0.15) is 18.0 Å². The second-order valence-electron chi connectivity index (χ2n) is 7.77. The fraction of sp³-hybridized carbons (Fsp3) is 0.240. The Morgan fingerprint density at radius 2 is 1.93 bits per heavy atom. The maximum atomic E-state index is 9.77. The highest BCUT2D eigenvalue weighted by atomic mass is 15.0. The van der Waals surface area contributed by atoms with Crippen LogP contribution < -0.4 is 5.73 Å². The van der Waals surface area contributed by atoms with Crippen molar-refractivity contribution in [3.8, 4) is 12.1 Å². The first-order chi connectivity index (χ1) is 14.4. The van der Waals surface area contributed by atoms with Crippen molar-refractivity contribution < 1.29 is 0 Å². The van der Waals surface area contributed by atoms with E-state index >= 15 is 0 Å². The summed E-state index contributed by atoms with van der Waals surface area (Å²) in [7, 11) is 0. The second kappa shape index (κ2) is 7.21. The van der Waals surface area contributed by atoms with Crippen LogP contribution in [0, 0.1) is 29.6 Å². The Balaban J connectivity index is 2.03. The van der Waals surface area contributed by atoms with E-state index in [9.17, 15) is 10.5 Å². The molecule has 0 spiro atoms. The number of nitrogen functional groups attached to an aromatic ring is 1. The number of anilines is 1. The molecule has 2 heterocycles. The van der Waals surface area contributed by atoms with Crippen LogP contribution in [0.25, 0.3) is 28.1 Å². The third-order valence-electron chi connectivity index (χ3n) is 6.12. The van der Waals surface area contributed by atoms with Crippen LogP contribution in [0.2, 0.25) is 0 Å². The van der Waals surface area contributed by atoms with Gasteiger partial charge in [0.25, 0.3) is 0 Å². The van der Waals surface area contributed by atoms with Crippen LogP contribution in [0.3, 0.4) is 0 Å². The summed E-state index contributed by atoms with van der Waals surface area (Å²) < 4.78 is 2.30. The summed E-state index contributed by atoms with van der Waals surface area (Å²) in [5, 5.41) is 20.5. The third-order valence-corrected chi connectivity index (χ3v) is 6.12. The van der Waals surface area contributed by atoms with Gasteiger partial charge in [0.15, 0.2) is 0 Å². The summed E-state index contributed by atoms with van der Waals surface area (Å²) >= 11 is 0. The zero-order valence-corrected chi connectivity index (χ0v) is 17.6. The Labute approximate surface area is 176 Å². The molecule has 2 N–H and O–H groups in total. The summed E-state index contributed by atoms with van der Waals surface area (Å²) in [6.45, 7) is 8.20. The molecule has 1 aliphatic rings. The van der Waals surface area contributed by atoms with Gasteiger partial charge in [-0.25, -0.2) is 4.98 Å². The van der Waals surface area contributed by atoms with E-state index in [1.807, 2.05) is 19.9 Å². The highest BCUT2D eigenvalue weighted by Crippen LogP contribution is 2.44. The highest BCUT2D eigenvalue weighted by molar-refractivity contribution is 6.10. The van der Waals surface area contributed by atoms with Gasteiger partial charge in [-0.2, -0.15) is 10.5 Å². The molecule has 4 rings (SSSR count). The van der Waals surface area contributed by atoms with Crippen molar-refractivity contribution in [3.05, 3.63) is 64.0 Å². The van der Waals surface area contributed by atoms with Crippen molar-refractivity contribution in [1.82, 2.24) is 9.55 Å². The van der Waals surface area contributed by atoms with Gasteiger partial charge in [0.05, 0.1) is 16.8 Å². The van der Waals surface area contributed by atoms with E-state index in [1.54, 1.807) is 0 Å². The zero-order chi connectivity index (χ0) is 21.6. The largest absolute Gasteiger partial charge is 0.383 e. The van der Waals surface area contributed by atoms with Gasteiger partial charge < -0.3 is 10.3 Å². The van der Waals surface area contributed by atoms with Crippen LogP contribution >= 0.6 is 0 Å². The lowest BCUT2D eigenvalue weighted by Crippen LogP contribution is -2.03. The number of nitriles is 2. The molecule has 148 valence electrons. The predicted octanol–water partition coefficient (Wildman–Crippen LogP) is 5.62. The van der Waals surface area contributed by atoms with Gasteiger partial charge >= 0.3 is 0 Å². The molecule has 2 aromatic heterocycles. The van der Waals surface area contributed by atoms with E-state index in [-0.39, 0.29) is 5.82 Å². The average molecular weight is 393 g/mol. The minimum absolute atomic E-state index is 0.170. The number of aromatic nitrogens is 2. The average Bonchev–Trinajstić information content (AvgIpc) is 3.23. The molecular weight excluding hydrogens is 370 g/mol. The fourth-order valence-electron chi connectivity index (χ4n) is 4.26. The van der Waals surface area contributed by atoms with Crippen molar-refractivity contribution in [2.24, 2.45) is 0 Å². The molecule has 0 amide bonds. The van der Waals surface area contributed by atoms with Crippen LogP contribution in [0.1, 0.15) is 61.2 Å². The molecule has 0 saturated carbocycles. The van der Waals surface area contributed by atoms with Gasteiger partial charge in [-0.15, -0.1) is 0 Å². The summed E-state index contributed by atoms with van der Waals surface area (Å²) in [6, 6.07) is 13.2. The lowest BCUT2D eigenvalue weighted by atomic mass is 9.95. The molecule has 5 nitrogen and oxygen atoms in total. The minimum Gasteiger partial charge on any atom is -0.383 e. The van der Waals surface area contributed by atoms with E-state index in [0.29, 0.717) is 22.9 Å². The van der Waals surface area contributed by atoms with E-state index < -0.39 is 0 Å². The van der Waals surface area contributed by atoms with Gasteiger partial charge in [-0.1, -0.05) is 25.1 Å². The molecule has 0 radical (unpaired) electrons. The molecule has 0 fully saturated rings. The lowest BCUT2D eigenvalue weighted by Gasteiger charge is -2.12. The number of benzene rings is 1. The topological polar surface area (TPSA) is 91.4 Å². The van der Waals surface area contributed by atoms with Gasteiger partial charge in [-0.3, -0.25) is 0 Å². The molecule has 30 heavy (non-hydrogen) atoms. The molecule has 3 aromatic rings. The zero-order valence-electron chi connectivity index (χ0n) is 17.6. The monoisotopic (exact) mass is 393 g/mol. The minimum atomic E-state index is 0.170. The van der Waals surface area contributed by atoms with E-state index in [4.69, 9.17) is 5.73 Å². The third kappa shape index (κ3) is 2.71. The summed E-state index contributed by atoms with van der Waals surface area (Å²) in [4.78, 5) is 4.42. The Morgan fingerprint density at radius 1 is 1.20 bits per heavy atom. The molecule has 1 aliphatic carbocycles. The summed E-state index contributed by atoms with van der Waals surface area (Å²) in [6.07, 6.45) is 5.32. The first-order valence-corrected chi connectivity index (χ1v) is 10.1. The van der Waals surface area contributed by atoms with Crippen molar-refractivity contribution in [2.75, 3.05) is 5.73 Å². The first kappa shape index (κ1) is 19.5. The van der Waals surface area contributed by atoms with Crippen molar-refractivity contribution in [3.63, 3.8) is 0 Å². The normalized spacial score (nSPS) is 15.3. The molecule has 5 heteroatoms. The smallest absolute Gasteiger partial charge is 0.142 e. The SMILES string of the molecule is CC[C@H](C)n1cc(C=C2C(C)=C(C#N)c3nc(N)c(C#N)c(C)c32)c2ccccc21. The standard InChI is InChI=1S/C25H23N5/c1-5-14(2)30-13-17(18-8-6-7-9-22(18)30)10-19-15(3)20(11-26)24-23(19)16(4)21(12-27)25(28)29-24/h6-10,13-14H,5H2,1-4H3,(H2,28,29)/t14-/m0/s1. The fourth-order valence-corrected chi connectivity index (χ4v) is 4.26. The van der Waals surface area contributed by atoms with Crippen LogP contribution in [-0.4, -0.2) is 9.55 Å². The molecular formula is C25H23N5. The van der Waals surface area contributed by atoms with Gasteiger partial charge in [0.2, 0.25) is 0 Å². The first-order valence-electron chi connectivity index (χ1n) is 10.1. The number of nitrogens with zero attached hydrogens (tertiary/aromatic N) is 4. The number of allylic oxidation sites excluding steroid dienone is 3. The van der Waals surface area contributed by atoms with E-state index in [1.165, 1.54) is 5.52 Å². The van der Waals surface area contributed by atoms with E-state index in [2.05, 4.69) is 66.0 Å². The number of hydrogen-bond donors (Lipinski definition) is 1. The Kier molecular flexibility index (Phi) is 4.68. The molecule has 0 unspecified atom stereocenters. The van der Waals surface area contributed by atoms with Crippen molar-refractivity contribution in [2.45, 2.75) is 40.2 Å². The van der Waals surface area contributed by atoms with Crippen LogP contribution in [0.5, 0.6) is 0 Å². The Morgan fingerprint density at radius 3 is 2.60 bits per heavy atom. The quantitative estimate of drug-likeness (QED) is 0.625. The number of rotatable bonds is 3. The van der Waals surface area contributed by atoms with E-state index in [0.717, 1.165) is 39.6 Å². The second-order valence-corrected chi connectivity index (χ2v) is 7.77. The molecule has 0 saturated heterocycles. The predicted molar refractivity (Wildman–Crippen MR) is 121 cm³/mol. The number of nitrogens with two attached hydrogens (primary N) is 1. The van der Waals surface area contributed by atoms with Crippen molar-refractivity contribution in [1.29, 1.82) is 10.5 Å². The molecule has 0 aliphatic heterocycles. The lowest BCUT2D eigenvalue weighted by molar-refractivity contribution is 0.548. The number of pyridine rings is 1. The molecule has 1 atom stereocenters. The maximum absolute atomic E-state index is 9.77.